The summed E-state index contributed by atoms with van der Waals surface area (Å²) in [5.41, 5.74) is 7.32. The fourth-order valence-corrected chi connectivity index (χ4v) is 3.09. The molecule has 0 aromatic heterocycles. The zero-order chi connectivity index (χ0) is 15.2. The number of benzene rings is 1. The standard InChI is InChI=1S/C17H24N2OS/c1-19(15-10-6-9-14(12-15)17(18)21)16(20)11-13-7-4-2-3-5-8-13/h6,9-10,12-13H,2-5,7-8,11H2,1H3,(H2,18,21). The van der Waals surface area contributed by atoms with Crippen LogP contribution in [0.4, 0.5) is 5.69 Å². The van der Waals surface area contributed by atoms with Crippen molar-refractivity contribution in [3.05, 3.63) is 29.8 Å². The molecule has 1 amide bonds. The second-order valence-electron chi connectivity index (χ2n) is 5.93. The fraction of sp³-hybridized carbons (Fsp3) is 0.529. The Balaban J connectivity index is 2.01. The number of rotatable bonds is 4. The molecular weight excluding hydrogens is 280 g/mol. The van der Waals surface area contributed by atoms with Gasteiger partial charge in [0.1, 0.15) is 4.99 Å². The number of carbonyl (C=O) groups excluding carboxylic acids is 1. The molecule has 1 aromatic carbocycles. The average molecular weight is 304 g/mol. The summed E-state index contributed by atoms with van der Waals surface area (Å²) in [5, 5.41) is 0. The molecule has 1 aliphatic carbocycles. The predicted octanol–water partition coefficient (Wildman–Crippen LogP) is 3.64. The molecule has 114 valence electrons. The van der Waals surface area contributed by atoms with E-state index in [-0.39, 0.29) is 5.91 Å². The summed E-state index contributed by atoms with van der Waals surface area (Å²) in [6.07, 6.45) is 8.18. The predicted molar refractivity (Wildman–Crippen MR) is 91.5 cm³/mol. The number of hydrogen-bond acceptors (Lipinski definition) is 2. The maximum Gasteiger partial charge on any atom is 0.226 e. The molecule has 1 aliphatic rings. The molecule has 2 rings (SSSR count). The molecule has 2 N–H and O–H groups in total. The summed E-state index contributed by atoms with van der Waals surface area (Å²) in [5.74, 6) is 0.725. The van der Waals surface area contributed by atoms with Crippen molar-refractivity contribution in [2.45, 2.75) is 44.9 Å². The van der Waals surface area contributed by atoms with Crippen LogP contribution in [0.5, 0.6) is 0 Å². The first-order chi connectivity index (χ1) is 10.1. The van der Waals surface area contributed by atoms with Gasteiger partial charge in [-0.1, -0.05) is 50.0 Å². The normalized spacial score (nSPS) is 16.2. The van der Waals surface area contributed by atoms with Crippen molar-refractivity contribution >= 4 is 28.8 Å². The maximum absolute atomic E-state index is 12.5. The van der Waals surface area contributed by atoms with Crippen LogP contribution in [0, 0.1) is 5.92 Å². The van der Waals surface area contributed by atoms with Crippen LogP contribution in [-0.4, -0.2) is 17.9 Å². The lowest BCUT2D eigenvalue weighted by Crippen LogP contribution is -2.28. The van der Waals surface area contributed by atoms with Crippen molar-refractivity contribution in [1.29, 1.82) is 0 Å². The SMILES string of the molecule is CN(C(=O)CC1CCCCCC1)c1cccc(C(N)=S)c1. The number of thiocarbonyl (C=S) groups is 1. The topological polar surface area (TPSA) is 46.3 Å². The highest BCUT2D eigenvalue weighted by atomic mass is 32.1. The van der Waals surface area contributed by atoms with E-state index in [2.05, 4.69) is 0 Å². The van der Waals surface area contributed by atoms with E-state index in [0.717, 1.165) is 11.3 Å². The van der Waals surface area contributed by atoms with Gasteiger partial charge in [-0.15, -0.1) is 0 Å². The highest BCUT2D eigenvalue weighted by Crippen LogP contribution is 2.27. The minimum atomic E-state index is 0.182. The Hall–Kier alpha value is -1.42. The van der Waals surface area contributed by atoms with Crippen molar-refractivity contribution in [2.75, 3.05) is 11.9 Å². The second-order valence-corrected chi connectivity index (χ2v) is 6.37. The number of anilines is 1. The summed E-state index contributed by atoms with van der Waals surface area (Å²) in [6, 6.07) is 7.56. The zero-order valence-corrected chi connectivity index (χ0v) is 13.5. The van der Waals surface area contributed by atoms with Crippen LogP contribution < -0.4 is 10.6 Å². The van der Waals surface area contributed by atoms with E-state index in [4.69, 9.17) is 18.0 Å². The van der Waals surface area contributed by atoms with Gasteiger partial charge in [-0.2, -0.15) is 0 Å². The van der Waals surface area contributed by atoms with Crippen LogP contribution in [0.25, 0.3) is 0 Å². The van der Waals surface area contributed by atoms with Gasteiger partial charge < -0.3 is 10.6 Å². The Morgan fingerprint density at radius 3 is 2.57 bits per heavy atom. The molecular formula is C17H24N2OS. The Bertz CT molecular complexity index is 507. The highest BCUT2D eigenvalue weighted by Gasteiger charge is 2.19. The number of hydrogen-bond donors (Lipinski definition) is 1. The lowest BCUT2D eigenvalue weighted by molar-refractivity contribution is -0.119. The van der Waals surface area contributed by atoms with Gasteiger partial charge in [-0.3, -0.25) is 4.79 Å². The average Bonchev–Trinajstić information content (AvgIpc) is 2.75. The molecule has 0 radical (unpaired) electrons. The van der Waals surface area contributed by atoms with Crippen LogP contribution >= 0.6 is 12.2 Å². The summed E-state index contributed by atoms with van der Waals surface area (Å²) in [6.45, 7) is 0. The zero-order valence-electron chi connectivity index (χ0n) is 12.7. The molecule has 21 heavy (non-hydrogen) atoms. The van der Waals surface area contributed by atoms with Crippen LogP contribution in [0.15, 0.2) is 24.3 Å². The monoisotopic (exact) mass is 304 g/mol. The lowest BCUT2D eigenvalue weighted by Gasteiger charge is -2.21. The third kappa shape index (κ3) is 4.53. The van der Waals surface area contributed by atoms with Crippen LogP contribution in [-0.2, 0) is 4.79 Å². The quantitative estimate of drug-likeness (QED) is 0.682. The number of amides is 1. The van der Waals surface area contributed by atoms with Crippen LogP contribution in [0.3, 0.4) is 0 Å². The van der Waals surface area contributed by atoms with Gasteiger partial charge in [0.05, 0.1) is 0 Å². The van der Waals surface area contributed by atoms with Crippen molar-refractivity contribution in [2.24, 2.45) is 11.7 Å². The summed E-state index contributed by atoms with van der Waals surface area (Å²) in [7, 11) is 1.83. The Morgan fingerprint density at radius 2 is 1.95 bits per heavy atom. The maximum atomic E-state index is 12.5. The first kappa shape index (κ1) is 16.0. The van der Waals surface area contributed by atoms with E-state index in [0.29, 0.717) is 17.3 Å². The molecule has 1 saturated carbocycles. The van der Waals surface area contributed by atoms with Gasteiger partial charge in [0, 0.05) is 24.7 Å². The van der Waals surface area contributed by atoms with Crippen LogP contribution in [0.2, 0.25) is 0 Å². The van der Waals surface area contributed by atoms with Crippen molar-refractivity contribution in [3.8, 4) is 0 Å². The molecule has 4 heteroatoms. The van der Waals surface area contributed by atoms with Gasteiger partial charge in [0.15, 0.2) is 0 Å². The summed E-state index contributed by atoms with van der Waals surface area (Å²) in [4.78, 5) is 14.6. The van der Waals surface area contributed by atoms with E-state index in [9.17, 15) is 4.79 Å². The molecule has 0 bridgehead atoms. The molecule has 3 nitrogen and oxygen atoms in total. The fourth-order valence-electron chi connectivity index (χ4n) is 2.96. The first-order valence-electron chi connectivity index (χ1n) is 7.74. The first-order valence-corrected chi connectivity index (χ1v) is 8.15. The van der Waals surface area contributed by atoms with Gasteiger partial charge >= 0.3 is 0 Å². The number of nitrogens with two attached hydrogens (primary N) is 1. The molecule has 1 fully saturated rings. The van der Waals surface area contributed by atoms with Gasteiger partial charge in [0.25, 0.3) is 0 Å². The molecule has 1 aromatic rings. The summed E-state index contributed by atoms with van der Waals surface area (Å²) < 4.78 is 0. The van der Waals surface area contributed by atoms with E-state index in [1.165, 1.54) is 38.5 Å². The van der Waals surface area contributed by atoms with E-state index >= 15 is 0 Å². The minimum Gasteiger partial charge on any atom is -0.389 e. The highest BCUT2D eigenvalue weighted by molar-refractivity contribution is 7.80. The van der Waals surface area contributed by atoms with Crippen molar-refractivity contribution < 1.29 is 4.79 Å². The molecule has 0 saturated heterocycles. The largest absolute Gasteiger partial charge is 0.389 e. The van der Waals surface area contributed by atoms with Crippen LogP contribution in [0.1, 0.15) is 50.5 Å². The Labute approximate surface area is 132 Å². The lowest BCUT2D eigenvalue weighted by atomic mass is 9.96. The van der Waals surface area contributed by atoms with E-state index in [1.807, 2.05) is 31.3 Å². The number of carbonyl (C=O) groups is 1. The Kier molecular flexibility index (Phi) is 5.74. The third-order valence-corrected chi connectivity index (χ3v) is 4.57. The smallest absolute Gasteiger partial charge is 0.226 e. The molecule has 0 aliphatic heterocycles. The second kappa shape index (κ2) is 7.55. The minimum absolute atomic E-state index is 0.182. The molecule has 0 unspecified atom stereocenters. The van der Waals surface area contributed by atoms with E-state index < -0.39 is 0 Å². The van der Waals surface area contributed by atoms with E-state index in [1.54, 1.807) is 4.90 Å². The van der Waals surface area contributed by atoms with Gasteiger partial charge in [0.2, 0.25) is 5.91 Å². The van der Waals surface area contributed by atoms with Crippen molar-refractivity contribution in [1.82, 2.24) is 0 Å². The Morgan fingerprint density at radius 1 is 1.29 bits per heavy atom. The van der Waals surface area contributed by atoms with Gasteiger partial charge in [-0.05, 0) is 30.9 Å². The summed E-state index contributed by atoms with van der Waals surface area (Å²) >= 11 is 4.99. The number of nitrogens with zero attached hydrogens (tertiary/aromatic N) is 1. The third-order valence-electron chi connectivity index (χ3n) is 4.33. The van der Waals surface area contributed by atoms with Gasteiger partial charge in [-0.25, -0.2) is 0 Å². The van der Waals surface area contributed by atoms with Crippen molar-refractivity contribution in [3.63, 3.8) is 0 Å². The molecule has 0 atom stereocenters. The molecule has 0 spiro atoms. The molecule has 0 heterocycles.